The van der Waals surface area contributed by atoms with Crippen LogP contribution in [0.2, 0.25) is 0 Å². The second kappa shape index (κ2) is 9.30. The third-order valence-electron chi connectivity index (χ3n) is 5.30. The fraction of sp³-hybridized carbons (Fsp3) is 0.500. The van der Waals surface area contributed by atoms with E-state index in [-0.39, 0.29) is 11.8 Å². The number of nitrogens with zero attached hydrogens (tertiary/aromatic N) is 4. The highest BCUT2D eigenvalue weighted by atomic mass is 16.3. The fourth-order valence-electron chi connectivity index (χ4n) is 3.63. The van der Waals surface area contributed by atoms with Crippen LogP contribution in [0.5, 0.6) is 0 Å². The SMILES string of the molecule is Cc1ncc(C(=O)NCc2ccccn2)c(CC2CCN(C(=O)C(C)(C)O)CC2)n1. The van der Waals surface area contributed by atoms with Crippen LogP contribution >= 0.6 is 0 Å². The van der Waals surface area contributed by atoms with Gasteiger partial charge in [0.25, 0.3) is 11.8 Å². The molecule has 0 aromatic carbocycles. The van der Waals surface area contributed by atoms with Gasteiger partial charge in [-0.1, -0.05) is 6.07 Å². The molecule has 160 valence electrons. The van der Waals surface area contributed by atoms with Gasteiger partial charge in [0.2, 0.25) is 0 Å². The van der Waals surface area contributed by atoms with Crippen LogP contribution in [-0.2, 0) is 17.8 Å². The first-order valence-electron chi connectivity index (χ1n) is 10.3. The number of rotatable bonds is 6. The number of aromatic nitrogens is 3. The number of hydrogen-bond acceptors (Lipinski definition) is 6. The minimum absolute atomic E-state index is 0.217. The van der Waals surface area contributed by atoms with Gasteiger partial charge < -0.3 is 15.3 Å². The van der Waals surface area contributed by atoms with E-state index in [0.29, 0.717) is 43.4 Å². The van der Waals surface area contributed by atoms with Crippen molar-refractivity contribution < 1.29 is 14.7 Å². The third kappa shape index (κ3) is 5.60. The Morgan fingerprint density at radius 3 is 2.60 bits per heavy atom. The van der Waals surface area contributed by atoms with E-state index in [2.05, 4.69) is 20.3 Å². The van der Waals surface area contributed by atoms with Crippen LogP contribution in [0.25, 0.3) is 0 Å². The number of aryl methyl sites for hydroxylation is 1. The first-order valence-corrected chi connectivity index (χ1v) is 10.3. The van der Waals surface area contributed by atoms with Crippen LogP contribution in [-0.4, -0.2) is 55.5 Å². The van der Waals surface area contributed by atoms with Crippen molar-refractivity contribution in [2.75, 3.05) is 13.1 Å². The molecule has 1 aliphatic rings. The number of amides is 2. The van der Waals surface area contributed by atoms with E-state index in [1.807, 2.05) is 25.1 Å². The summed E-state index contributed by atoms with van der Waals surface area (Å²) in [7, 11) is 0. The number of aliphatic hydroxyl groups is 1. The molecule has 0 spiro atoms. The lowest BCUT2D eigenvalue weighted by Crippen LogP contribution is -2.48. The summed E-state index contributed by atoms with van der Waals surface area (Å²) in [5, 5.41) is 12.8. The molecule has 1 fully saturated rings. The molecule has 2 N–H and O–H groups in total. The number of hydrogen-bond donors (Lipinski definition) is 2. The van der Waals surface area contributed by atoms with Crippen LogP contribution in [0, 0.1) is 12.8 Å². The van der Waals surface area contributed by atoms with Gasteiger partial charge in [0.05, 0.1) is 23.5 Å². The lowest BCUT2D eigenvalue weighted by molar-refractivity contribution is -0.149. The Labute approximate surface area is 176 Å². The molecular weight excluding hydrogens is 382 g/mol. The molecule has 0 radical (unpaired) electrons. The van der Waals surface area contributed by atoms with Crippen molar-refractivity contribution in [2.24, 2.45) is 5.92 Å². The van der Waals surface area contributed by atoms with Crippen LogP contribution in [0.4, 0.5) is 0 Å². The number of carbonyl (C=O) groups is 2. The standard InChI is InChI=1S/C22H29N5O3/c1-15-24-14-18(20(28)25-13-17-6-4-5-9-23-17)19(26-15)12-16-7-10-27(11-8-16)21(29)22(2,3)30/h4-6,9,14,16,30H,7-8,10-13H2,1-3H3,(H,25,28). The largest absolute Gasteiger partial charge is 0.381 e. The minimum Gasteiger partial charge on any atom is -0.381 e. The smallest absolute Gasteiger partial charge is 0.255 e. The summed E-state index contributed by atoms with van der Waals surface area (Å²) in [5.41, 5.74) is 0.638. The minimum atomic E-state index is -1.35. The lowest BCUT2D eigenvalue weighted by atomic mass is 9.90. The van der Waals surface area contributed by atoms with Crippen LogP contribution < -0.4 is 5.32 Å². The van der Waals surface area contributed by atoms with Crippen molar-refractivity contribution in [2.45, 2.75) is 52.2 Å². The summed E-state index contributed by atoms with van der Waals surface area (Å²) >= 11 is 0. The van der Waals surface area contributed by atoms with E-state index in [9.17, 15) is 14.7 Å². The van der Waals surface area contributed by atoms with Crippen molar-refractivity contribution in [3.8, 4) is 0 Å². The molecule has 30 heavy (non-hydrogen) atoms. The summed E-state index contributed by atoms with van der Waals surface area (Å²) in [5.74, 6) is 0.479. The molecule has 8 heteroatoms. The maximum absolute atomic E-state index is 12.7. The molecule has 0 unspecified atom stereocenters. The fourth-order valence-corrected chi connectivity index (χ4v) is 3.63. The molecule has 1 saturated heterocycles. The maximum atomic E-state index is 12.7. The number of piperidine rings is 1. The van der Waals surface area contributed by atoms with Crippen LogP contribution in [0.3, 0.4) is 0 Å². The summed E-state index contributed by atoms with van der Waals surface area (Å²) in [4.78, 5) is 39.7. The first-order chi connectivity index (χ1) is 14.2. The molecule has 2 aromatic heterocycles. The van der Waals surface area contributed by atoms with Gasteiger partial charge in [0, 0.05) is 25.5 Å². The van der Waals surface area contributed by atoms with Gasteiger partial charge >= 0.3 is 0 Å². The quantitative estimate of drug-likeness (QED) is 0.748. The predicted octanol–water partition coefficient (Wildman–Crippen LogP) is 1.66. The summed E-state index contributed by atoms with van der Waals surface area (Å²) < 4.78 is 0. The number of pyridine rings is 1. The number of nitrogens with one attached hydrogen (secondary N) is 1. The Bertz CT molecular complexity index is 887. The normalized spacial score (nSPS) is 15.1. The highest BCUT2D eigenvalue weighted by molar-refractivity contribution is 5.94. The van der Waals surface area contributed by atoms with Gasteiger partial charge in [-0.3, -0.25) is 14.6 Å². The molecule has 3 rings (SSSR count). The van der Waals surface area contributed by atoms with E-state index in [0.717, 1.165) is 24.2 Å². The first kappa shape index (κ1) is 21.8. The maximum Gasteiger partial charge on any atom is 0.255 e. The average Bonchev–Trinajstić information content (AvgIpc) is 2.72. The van der Waals surface area contributed by atoms with E-state index in [1.165, 1.54) is 13.8 Å². The van der Waals surface area contributed by atoms with E-state index in [1.54, 1.807) is 17.3 Å². The lowest BCUT2D eigenvalue weighted by Gasteiger charge is -2.35. The van der Waals surface area contributed by atoms with Crippen molar-refractivity contribution in [3.05, 3.63) is 53.4 Å². The molecule has 2 amide bonds. The van der Waals surface area contributed by atoms with Gasteiger partial charge in [-0.25, -0.2) is 9.97 Å². The average molecular weight is 412 g/mol. The third-order valence-corrected chi connectivity index (χ3v) is 5.30. The molecular formula is C22H29N5O3. The highest BCUT2D eigenvalue weighted by Crippen LogP contribution is 2.24. The van der Waals surface area contributed by atoms with Gasteiger partial charge in [-0.05, 0) is 58.1 Å². The van der Waals surface area contributed by atoms with Crippen LogP contribution in [0.15, 0.2) is 30.6 Å². The molecule has 0 aliphatic carbocycles. The summed E-state index contributed by atoms with van der Waals surface area (Å²) in [6.07, 6.45) is 5.54. The monoisotopic (exact) mass is 411 g/mol. The predicted molar refractivity (Wildman–Crippen MR) is 111 cm³/mol. The Balaban J connectivity index is 1.63. The van der Waals surface area contributed by atoms with E-state index in [4.69, 9.17) is 0 Å². The van der Waals surface area contributed by atoms with Crippen molar-refractivity contribution >= 4 is 11.8 Å². The summed E-state index contributed by atoms with van der Waals surface area (Å²) in [6, 6.07) is 5.57. The molecule has 2 aromatic rings. The molecule has 3 heterocycles. The van der Waals surface area contributed by atoms with Crippen LogP contribution in [0.1, 0.15) is 54.3 Å². The molecule has 0 saturated carbocycles. The van der Waals surface area contributed by atoms with Gasteiger partial charge in [-0.15, -0.1) is 0 Å². The molecule has 0 atom stereocenters. The van der Waals surface area contributed by atoms with E-state index < -0.39 is 5.60 Å². The van der Waals surface area contributed by atoms with E-state index >= 15 is 0 Å². The Morgan fingerprint density at radius 1 is 1.23 bits per heavy atom. The number of likely N-dealkylation sites (tertiary alicyclic amines) is 1. The topological polar surface area (TPSA) is 108 Å². The Kier molecular flexibility index (Phi) is 6.77. The zero-order valence-corrected chi connectivity index (χ0v) is 17.8. The zero-order valence-electron chi connectivity index (χ0n) is 17.8. The second-order valence-electron chi connectivity index (χ2n) is 8.28. The van der Waals surface area contributed by atoms with Gasteiger partial charge in [-0.2, -0.15) is 0 Å². The molecule has 8 nitrogen and oxygen atoms in total. The number of carbonyl (C=O) groups excluding carboxylic acids is 2. The second-order valence-corrected chi connectivity index (χ2v) is 8.28. The van der Waals surface area contributed by atoms with Crippen molar-refractivity contribution in [1.29, 1.82) is 0 Å². The van der Waals surface area contributed by atoms with Gasteiger partial charge in [0.1, 0.15) is 11.4 Å². The Hall–Kier alpha value is -2.87. The highest BCUT2D eigenvalue weighted by Gasteiger charge is 2.32. The zero-order chi connectivity index (χ0) is 21.7. The molecule has 0 bridgehead atoms. The Morgan fingerprint density at radius 2 is 1.97 bits per heavy atom. The summed E-state index contributed by atoms with van der Waals surface area (Å²) in [6.45, 7) is 6.37. The molecule has 1 aliphatic heterocycles. The van der Waals surface area contributed by atoms with Crippen molar-refractivity contribution in [1.82, 2.24) is 25.2 Å². The van der Waals surface area contributed by atoms with Crippen molar-refractivity contribution in [3.63, 3.8) is 0 Å². The van der Waals surface area contributed by atoms with Gasteiger partial charge in [0.15, 0.2) is 0 Å².